The van der Waals surface area contributed by atoms with E-state index in [0.29, 0.717) is 35.3 Å². The van der Waals surface area contributed by atoms with Crippen molar-refractivity contribution in [2.75, 3.05) is 53.3 Å². The van der Waals surface area contributed by atoms with Gasteiger partial charge in [-0.25, -0.2) is 4.98 Å². The Morgan fingerprint density at radius 2 is 1.83 bits per heavy atom. The number of carbonyl (C=O) groups is 2. The largest absolute Gasteiger partial charge is 0.416 e. The molecule has 0 spiro atoms. The van der Waals surface area contributed by atoms with Gasteiger partial charge in [-0.15, -0.1) is 5.53 Å². The van der Waals surface area contributed by atoms with E-state index in [1.807, 2.05) is 11.8 Å². The summed E-state index contributed by atoms with van der Waals surface area (Å²) in [4.78, 5) is 33.7. The van der Waals surface area contributed by atoms with Gasteiger partial charge in [0.1, 0.15) is 0 Å². The van der Waals surface area contributed by atoms with Crippen LogP contribution in [0.1, 0.15) is 40.2 Å². The fourth-order valence-corrected chi connectivity index (χ4v) is 5.57. The highest BCUT2D eigenvalue weighted by Crippen LogP contribution is 2.35. The minimum absolute atomic E-state index is 0.0770. The van der Waals surface area contributed by atoms with Crippen molar-refractivity contribution in [3.05, 3.63) is 70.4 Å². The molecule has 10 nitrogen and oxygen atoms in total. The Hall–Kier alpha value is -4.14. The van der Waals surface area contributed by atoms with E-state index in [-0.39, 0.29) is 17.2 Å². The molecule has 222 valence electrons. The van der Waals surface area contributed by atoms with Gasteiger partial charge in [-0.2, -0.15) is 13.2 Å². The fourth-order valence-electron chi connectivity index (χ4n) is 4.74. The number of amides is 2. The topological polar surface area (TPSA) is 105 Å². The summed E-state index contributed by atoms with van der Waals surface area (Å²) < 4.78 is 41.4. The third kappa shape index (κ3) is 6.66. The highest BCUT2D eigenvalue weighted by Gasteiger charge is 2.32. The van der Waals surface area contributed by atoms with Gasteiger partial charge < -0.3 is 25.9 Å². The molecular weight excluding hydrogens is 569 g/mol. The van der Waals surface area contributed by atoms with Crippen LogP contribution in [-0.4, -0.2) is 54.4 Å². The number of aromatic nitrogens is 1. The molecule has 2 aromatic carbocycles. The Morgan fingerprint density at radius 1 is 1.07 bits per heavy atom. The molecule has 3 aromatic rings. The smallest absolute Gasteiger partial charge is 0.369 e. The molecule has 2 amide bonds. The molecule has 0 atom stereocenters. The van der Waals surface area contributed by atoms with Crippen LogP contribution in [0.5, 0.6) is 0 Å². The van der Waals surface area contributed by atoms with Crippen LogP contribution in [0.25, 0.3) is 5.70 Å². The lowest BCUT2D eigenvalue weighted by molar-refractivity contribution is -0.137. The zero-order valence-corrected chi connectivity index (χ0v) is 24.1. The fraction of sp³-hybridized carbons (Fsp3) is 0.321. The standard InChI is InChI=1S/C28H31F3N8O2S/c1-4-37-7-9-38(10-8-37)22-13-20(28(29,30)31)12-21(14-22)34-26(41)19-6-5-17(2)24(11-19)39-16-23(35-36-39)25-15-32-27(42-25)33-18(3)40/h5-6,11-16,35-36H,4,7-10H2,1-3H3,(H,34,41)(H,32,33,40). The van der Waals surface area contributed by atoms with Crippen molar-refractivity contribution in [2.24, 2.45) is 0 Å². The van der Waals surface area contributed by atoms with Gasteiger partial charge >= 0.3 is 6.18 Å². The average molecular weight is 601 g/mol. The number of hydrogen-bond donors (Lipinski definition) is 4. The molecule has 42 heavy (non-hydrogen) atoms. The summed E-state index contributed by atoms with van der Waals surface area (Å²) in [6.45, 7) is 8.96. The molecule has 4 N–H and O–H groups in total. The summed E-state index contributed by atoms with van der Waals surface area (Å²) in [5.41, 5.74) is 8.26. The average Bonchev–Trinajstić information content (AvgIpc) is 3.62. The van der Waals surface area contributed by atoms with Crippen LogP contribution in [0.15, 0.2) is 48.8 Å². The normalized spacial score (nSPS) is 15.8. The van der Waals surface area contributed by atoms with E-state index < -0.39 is 17.6 Å². The van der Waals surface area contributed by atoms with E-state index in [2.05, 4.69) is 38.4 Å². The summed E-state index contributed by atoms with van der Waals surface area (Å²) in [5, 5.41) is 7.48. The lowest BCUT2D eigenvalue weighted by Gasteiger charge is -2.36. The molecule has 2 aliphatic heterocycles. The number of anilines is 4. The zero-order chi connectivity index (χ0) is 30.0. The first-order chi connectivity index (χ1) is 20.0. The van der Waals surface area contributed by atoms with E-state index in [9.17, 15) is 22.8 Å². The van der Waals surface area contributed by atoms with Gasteiger partial charge in [0.25, 0.3) is 5.91 Å². The second kappa shape index (κ2) is 12.0. The quantitative estimate of drug-likeness (QED) is 0.311. The Labute approximate surface area is 245 Å². The van der Waals surface area contributed by atoms with E-state index in [1.165, 1.54) is 18.3 Å². The minimum atomic E-state index is -4.56. The van der Waals surface area contributed by atoms with Gasteiger partial charge in [0, 0.05) is 62.4 Å². The number of hydrogen-bond acceptors (Lipinski definition) is 9. The highest BCUT2D eigenvalue weighted by molar-refractivity contribution is 7.16. The van der Waals surface area contributed by atoms with Crippen LogP contribution < -0.4 is 31.5 Å². The Balaban J connectivity index is 1.35. The SMILES string of the molecule is CCN1CCN(c2cc(NC(=O)c3ccc(C)c(N4C=C(c5cnc(NC(C)=O)s5)NN4)c3)cc(C(F)(F)F)c2)CC1. The van der Waals surface area contributed by atoms with E-state index in [0.717, 1.165) is 42.2 Å². The second-order valence-electron chi connectivity index (χ2n) is 10.0. The van der Waals surface area contributed by atoms with Crippen LogP contribution in [0.3, 0.4) is 0 Å². The van der Waals surface area contributed by atoms with E-state index in [4.69, 9.17) is 0 Å². The number of piperazine rings is 1. The van der Waals surface area contributed by atoms with Crippen molar-refractivity contribution in [1.29, 1.82) is 0 Å². The first-order valence-electron chi connectivity index (χ1n) is 13.4. The van der Waals surface area contributed by atoms with Crippen molar-refractivity contribution in [3.63, 3.8) is 0 Å². The van der Waals surface area contributed by atoms with Crippen molar-refractivity contribution in [3.8, 4) is 0 Å². The summed E-state index contributed by atoms with van der Waals surface area (Å²) in [6, 6.07) is 8.75. The number of likely N-dealkylation sites (N-methyl/N-ethyl adjacent to an activating group) is 1. The van der Waals surface area contributed by atoms with E-state index >= 15 is 0 Å². The van der Waals surface area contributed by atoms with Crippen molar-refractivity contribution in [2.45, 2.75) is 26.9 Å². The molecule has 0 aliphatic carbocycles. The highest BCUT2D eigenvalue weighted by atomic mass is 32.1. The van der Waals surface area contributed by atoms with E-state index in [1.54, 1.807) is 41.7 Å². The van der Waals surface area contributed by atoms with Crippen LogP contribution in [0, 0.1) is 6.92 Å². The lowest BCUT2D eigenvalue weighted by Crippen LogP contribution is -2.46. The maximum absolute atomic E-state index is 13.8. The van der Waals surface area contributed by atoms with Crippen molar-refractivity contribution in [1.82, 2.24) is 20.8 Å². The van der Waals surface area contributed by atoms with Crippen molar-refractivity contribution >= 4 is 51.0 Å². The summed E-state index contributed by atoms with van der Waals surface area (Å²) >= 11 is 1.29. The van der Waals surface area contributed by atoms with Crippen LogP contribution >= 0.6 is 11.3 Å². The summed E-state index contributed by atoms with van der Waals surface area (Å²) in [6.07, 6.45) is -1.15. The molecule has 14 heteroatoms. The maximum atomic E-state index is 13.8. The third-order valence-electron chi connectivity index (χ3n) is 7.04. The number of alkyl halides is 3. The predicted octanol–water partition coefficient (Wildman–Crippen LogP) is 4.65. The Kier molecular flexibility index (Phi) is 8.38. The van der Waals surface area contributed by atoms with Gasteiger partial charge in [-0.3, -0.25) is 14.6 Å². The number of halogens is 3. The van der Waals surface area contributed by atoms with Gasteiger partial charge in [-0.1, -0.05) is 24.3 Å². The molecule has 5 rings (SSSR count). The van der Waals surface area contributed by atoms with Gasteiger partial charge in [0.05, 0.1) is 21.8 Å². The van der Waals surface area contributed by atoms with Crippen LogP contribution in [-0.2, 0) is 11.0 Å². The predicted molar refractivity (Wildman–Crippen MR) is 158 cm³/mol. The third-order valence-corrected chi connectivity index (χ3v) is 7.99. The lowest BCUT2D eigenvalue weighted by atomic mass is 10.1. The molecule has 1 aromatic heterocycles. The number of thiazole rings is 1. The summed E-state index contributed by atoms with van der Waals surface area (Å²) in [5.74, 6) is -0.748. The molecule has 3 heterocycles. The van der Waals surface area contributed by atoms with Crippen LogP contribution in [0.2, 0.25) is 0 Å². The minimum Gasteiger partial charge on any atom is -0.369 e. The van der Waals surface area contributed by atoms with Gasteiger partial charge in [0.15, 0.2) is 5.13 Å². The van der Waals surface area contributed by atoms with Crippen molar-refractivity contribution < 1.29 is 22.8 Å². The molecule has 2 aliphatic rings. The maximum Gasteiger partial charge on any atom is 0.416 e. The molecule has 0 bridgehead atoms. The molecule has 1 fully saturated rings. The number of benzene rings is 2. The number of rotatable bonds is 7. The Bertz CT molecular complexity index is 1520. The number of hydrazine groups is 2. The number of nitrogens with one attached hydrogen (secondary N) is 4. The number of aryl methyl sites for hydroxylation is 1. The Morgan fingerprint density at radius 3 is 2.52 bits per heavy atom. The first kappa shape index (κ1) is 29.4. The van der Waals surface area contributed by atoms with Gasteiger partial charge in [-0.05, 0) is 49.4 Å². The van der Waals surface area contributed by atoms with Crippen LogP contribution in [0.4, 0.5) is 35.4 Å². The molecule has 0 saturated carbocycles. The number of nitrogens with zero attached hydrogens (tertiary/aromatic N) is 4. The molecule has 0 radical (unpaired) electrons. The second-order valence-corrected chi connectivity index (χ2v) is 11.0. The molecule has 1 saturated heterocycles. The first-order valence-corrected chi connectivity index (χ1v) is 14.2. The molecular formula is C28H31F3N8O2S. The monoisotopic (exact) mass is 600 g/mol. The molecule has 0 unspecified atom stereocenters. The van der Waals surface area contributed by atoms with Gasteiger partial charge in [0.2, 0.25) is 5.91 Å². The number of carbonyl (C=O) groups excluding carboxylic acids is 2. The summed E-state index contributed by atoms with van der Waals surface area (Å²) in [7, 11) is 0. The zero-order valence-electron chi connectivity index (χ0n) is 23.3.